The van der Waals surface area contributed by atoms with E-state index in [0.29, 0.717) is 18.0 Å². The summed E-state index contributed by atoms with van der Waals surface area (Å²) in [5.41, 5.74) is 0.865. The molecular weight excluding hydrogens is 278 g/mol. The van der Waals surface area contributed by atoms with Crippen molar-refractivity contribution in [3.05, 3.63) is 28.8 Å². The highest BCUT2D eigenvalue weighted by Gasteiger charge is 2.29. The third kappa shape index (κ3) is 2.42. The number of methoxy groups -OCH3 is 1. The average molecular weight is 292 g/mol. The van der Waals surface area contributed by atoms with Gasteiger partial charge in [0.1, 0.15) is 0 Å². The first-order valence-corrected chi connectivity index (χ1v) is 7.42. The Hall–Kier alpha value is -0.950. The summed E-state index contributed by atoms with van der Waals surface area (Å²) < 4.78 is 25.8. The number of hydrogen-bond donors (Lipinski definition) is 2. The van der Waals surface area contributed by atoms with Crippen LogP contribution in [-0.2, 0) is 4.74 Å². The highest BCUT2D eigenvalue weighted by atomic mass is 35.5. The monoisotopic (exact) mass is 291 g/mol. The molecule has 0 amide bonds. The third-order valence-electron chi connectivity index (χ3n) is 2.78. The molecule has 1 fully saturated rings. The molecule has 0 saturated carbocycles. The molecule has 0 spiro atoms. The Morgan fingerprint density at radius 2 is 2.22 bits per heavy atom. The summed E-state index contributed by atoms with van der Waals surface area (Å²) in [6.07, 6.45) is 0.721. The maximum atomic E-state index is 11.4. The molecule has 1 aliphatic rings. The summed E-state index contributed by atoms with van der Waals surface area (Å²) in [5.74, 6) is -0.150. The van der Waals surface area contributed by atoms with Crippen LogP contribution in [-0.4, -0.2) is 34.5 Å². The lowest BCUT2D eigenvalue weighted by molar-refractivity contribution is 0.0601. The molecule has 0 atom stereocenters. The van der Waals surface area contributed by atoms with E-state index in [2.05, 4.69) is 4.74 Å². The van der Waals surface area contributed by atoms with E-state index in [0.717, 1.165) is 6.42 Å². The Morgan fingerprint density at radius 3 is 2.72 bits per heavy atom. The number of carbonyl (C=O) groups excluding carboxylic acids is 1. The molecule has 0 unspecified atom stereocenters. The number of halogens is 1. The van der Waals surface area contributed by atoms with Gasteiger partial charge in [0.15, 0.2) is 0 Å². The zero-order valence-corrected chi connectivity index (χ0v) is 11.4. The van der Waals surface area contributed by atoms with Gasteiger partial charge in [0.05, 0.1) is 29.1 Å². The summed E-state index contributed by atoms with van der Waals surface area (Å²) in [5, 5.41) is 0.237. The lowest BCUT2D eigenvalue weighted by Crippen LogP contribution is -2.21. The van der Waals surface area contributed by atoms with Gasteiger partial charge in [-0.05, 0) is 24.6 Å². The number of esters is 1. The number of anilines is 1. The van der Waals surface area contributed by atoms with Gasteiger partial charge >= 0.3 is 5.97 Å². The maximum absolute atomic E-state index is 11.4. The summed E-state index contributed by atoms with van der Waals surface area (Å²) in [7, 11) is -1.46. The standard InChI is InChI=1S/C11H14ClNO4S/c1-17-11(14)9-4-3-8(7-10(9)12)13-5-2-6-18(13,15)16/h3-4,7,15-16H,2,5-6H2,1H3. The van der Waals surface area contributed by atoms with Crippen molar-refractivity contribution < 1.29 is 18.6 Å². The first-order chi connectivity index (χ1) is 8.45. The van der Waals surface area contributed by atoms with Gasteiger partial charge in [-0.1, -0.05) is 11.6 Å². The zero-order chi connectivity index (χ0) is 13.3. The Kier molecular flexibility index (Phi) is 3.72. The molecule has 1 aromatic carbocycles. The SMILES string of the molecule is COC(=O)c1ccc(N2CCCS2(O)O)cc1Cl. The maximum Gasteiger partial charge on any atom is 0.339 e. The summed E-state index contributed by atoms with van der Waals surface area (Å²) in [6.45, 7) is 0.566. The van der Waals surface area contributed by atoms with Crippen molar-refractivity contribution in [2.75, 3.05) is 23.7 Å². The number of carbonyl (C=O) groups is 1. The van der Waals surface area contributed by atoms with Gasteiger partial charge in [-0.3, -0.25) is 13.4 Å². The predicted octanol–water partition coefficient (Wildman–Crippen LogP) is 3.00. The Bertz CT molecular complexity index is 480. The van der Waals surface area contributed by atoms with E-state index in [1.807, 2.05) is 0 Å². The molecular formula is C11H14ClNO4S. The lowest BCUT2D eigenvalue weighted by Gasteiger charge is -2.38. The zero-order valence-electron chi connectivity index (χ0n) is 9.80. The second-order valence-electron chi connectivity index (χ2n) is 3.95. The van der Waals surface area contributed by atoms with E-state index in [4.69, 9.17) is 11.6 Å². The average Bonchev–Trinajstić information content (AvgIpc) is 2.68. The number of benzene rings is 1. The van der Waals surface area contributed by atoms with Gasteiger partial charge in [-0.2, -0.15) is 0 Å². The van der Waals surface area contributed by atoms with Gasteiger partial charge in [0.2, 0.25) is 0 Å². The quantitative estimate of drug-likeness (QED) is 0.820. The largest absolute Gasteiger partial charge is 0.465 e. The minimum Gasteiger partial charge on any atom is -0.465 e. The van der Waals surface area contributed by atoms with Crippen molar-refractivity contribution >= 4 is 34.0 Å². The highest BCUT2D eigenvalue weighted by Crippen LogP contribution is 2.51. The van der Waals surface area contributed by atoms with E-state index in [9.17, 15) is 13.9 Å². The first kappa shape index (κ1) is 13.5. The van der Waals surface area contributed by atoms with Crippen LogP contribution < -0.4 is 4.31 Å². The molecule has 18 heavy (non-hydrogen) atoms. The van der Waals surface area contributed by atoms with Crippen LogP contribution in [0.25, 0.3) is 0 Å². The molecule has 7 heteroatoms. The molecule has 0 aliphatic carbocycles. The van der Waals surface area contributed by atoms with Crippen LogP contribution in [0.3, 0.4) is 0 Å². The fourth-order valence-electron chi connectivity index (χ4n) is 1.89. The van der Waals surface area contributed by atoms with Crippen molar-refractivity contribution in [2.45, 2.75) is 6.42 Å². The van der Waals surface area contributed by atoms with Crippen molar-refractivity contribution in [1.29, 1.82) is 0 Å². The molecule has 1 aromatic rings. The Labute approximate surface area is 112 Å². The molecule has 5 nitrogen and oxygen atoms in total. The molecule has 1 aliphatic heterocycles. The van der Waals surface area contributed by atoms with Crippen LogP contribution in [0.2, 0.25) is 5.02 Å². The smallest absolute Gasteiger partial charge is 0.339 e. The summed E-state index contributed by atoms with van der Waals surface area (Å²) in [4.78, 5) is 11.4. The molecule has 0 bridgehead atoms. The Morgan fingerprint density at radius 1 is 1.50 bits per heavy atom. The fourth-order valence-corrected chi connectivity index (χ4v) is 3.75. The number of rotatable bonds is 2. The minimum atomic E-state index is -2.74. The van der Waals surface area contributed by atoms with E-state index >= 15 is 0 Å². The van der Waals surface area contributed by atoms with Crippen LogP contribution in [0.5, 0.6) is 0 Å². The van der Waals surface area contributed by atoms with Crippen LogP contribution in [0, 0.1) is 0 Å². The van der Waals surface area contributed by atoms with E-state index in [1.165, 1.54) is 17.5 Å². The first-order valence-electron chi connectivity index (χ1n) is 5.37. The number of ether oxygens (including phenoxy) is 1. The van der Waals surface area contributed by atoms with Crippen molar-refractivity contribution in [1.82, 2.24) is 0 Å². The third-order valence-corrected chi connectivity index (χ3v) is 5.03. The molecule has 2 rings (SSSR count). The number of hydrogen-bond acceptors (Lipinski definition) is 5. The van der Waals surface area contributed by atoms with Crippen LogP contribution in [0.1, 0.15) is 16.8 Å². The molecule has 2 N–H and O–H groups in total. The van der Waals surface area contributed by atoms with Gasteiger partial charge < -0.3 is 4.74 Å². The second kappa shape index (κ2) is 4.97. The van der Waals surface area contributed by atoms with E-state index in [-0.39, 0.29) is 10.6 Å². The summed E-state index contributed by atoms with van der Waals surface area (Å²) in [6, 6.07) is 4.71. The topological polar surface area (TPSA) is 70.0 Å². The van der Waals surface area contributed by atoms with Gasteiger partial charge in [-0.25, -0.2) is 4.79 Å². The van der Waals surface area contributed by atoms with Gasteiger partial charge in [0, 0.05) is 6.54 Å². The second-order valence-corrected chi connectivity index (χ2v) is 6.47. The Balaban J connectivity index is 2.32. The summed E-state index contributed by atoms with van der Waals surface area (Å²) >= 11 is 5.99. The fraction of sp³-hybridized carbons (Fsp3) is 0.364. The van der Waals surface area contributed by atoms with Crippen molar-refractivity contribution in [2.24, 2.45) is 0 Å². The molecule has 100 valence electrons. The van der Waals surface area contributed by atoms with Crippen LogP contribution in [0.4, 0.5) is 5.69 Å². The lowest BCUT2D eigenvalue weighted by atomic mass is 10.2. The molecule has 0 radical (unpaired) electrons. The van der Waals surface area contributed by atoms with Gasteiger partial charge in [0.25, 0.3) is 0 Å². The molecule has 1 heterocycles. The van der Waals surface area contributed by atoms with E-state index < -0.39 is 16.7 Å². The van der Waals surface area contributed by atoms with Crippen molar-refractivity contribution in [3.8, 4) is 0 Å². The predicted molar refractivity (Wildman–Crippen MR) is 72.5 cm³/mol. The van der Waals surface area contributed by atoms with Gasteiger partial charge in [-0.15, -0.1) is 10.8 Å². The number of nitrogens with zero attached hydrogens (tertiary/aromatic N) is 1. The van der Waals surface area contributed by atoms with E-state index in [1.54, 1.807) is 12.1 Å². The van der Waals surface area contributed by atoms with Crippen molar-refractivity contribution in [3.63, 3.8) is 0 Å². The van der Waals surface area contributed by atoms with Crippen LogP contribution in [0.15, 0.2) is 18.2 Å². The van der Waals surface area contributed by atoms with Crippen LogP contribution >= 0.6 is 22.4 Å². The molecule has 1 saturated heterocycles. The highest BCUT2D eigenvalue weighted by molar-refractivity contribution is 8.25. The normalized spacial score (nSPS) is 19.7. The minimum absolute atomic E-state index is 0.237. The molecule has 0 aromatic heterocycles.